The molecule has 0 spiro atoms. The van der Waals surface area contributed by atoms with E-state index in [2.05, 4.69) is 53.9 Å². The standard InChI is InChI=1S/C37H26N4O/c38-22-24-13-15-26(16-14-24)30-11-6-12-31-33-21-27(17-19-34(33)42-36(30)31)29-9-4-5-10-32(29)37(39)41-35-20-18-28(23-40-35)25-7-2-1-3-8-25/h1-21,23,35,40H,(H2,39,41). The number of rotatable bonds is 5. The van der Waals surface area contributed by atoms with Gasteiger partial charge in [-0.3, -0.25) is 0 Å². The number of benzene rings is 5. The van der Waals surface area contributed by atoms with Crippen LogP contribution in [0.25, 0.3) is 49.8 Å². The summed E-state index contributed by atoms with van der Waals surface area (Å²) in [4.78, 5) is 4.79. The number of nitriles is 1. The van der Waals surface area contributed by atoms with Crippen LogP contribution in [-0.2, 0) is 0 Å². The molecule has 42 heavy (non-hydrogen) atoms. The Bertz CT molecular complexity index is 2080. The van der Waals surface area contributed by atoms with Gasteiger partial charge in [0.05, 0.1) is 11.6 Å². The fraction of sp³-hybridized carbons (Fsp3) is 0.0270. The molecule has 1 aromatic heterocycles. The van der Waals surface area contributed by atoms with E-state index in [9.17, 15) is 5.26 Å². The second-order valence-corrected chi connectivity index (χ2v) is 10.2. The molecule has 3 N–H and O–H groups in total. The maximum absolute atomic E-state index is 9.18. The number of allylic oxidation sites excluding steroid dienone is 2. The number of dihydropyridines is 1. The van der Waals surface area contributed by atoms with Crippen molar-refractivity contribution in [3.8, 4) is 28.3 Å². The first-order chi connectivity index (χ1) is 20.7. The van der Waals surface area contributed by atoms with Crippen molar-refractivity contribution in [2.75, 3.05) is 0 Å². The lowest BCUT2D eigenvalue weighted by molar-refractivity contribution is 0.670. The Kier molecular flexibility index (Phi) is 6.35. The first-order valence-electron chi connectivity index (χ1n) is 13.8. The van der Waals surface area contributed by atoms with Crippen LogP contribution in [0.15, 0.2) is 143 Å². The van der Waals surface area contributed by atoms with E-state index in [4.69, 9.17) is 15.1 Å². The third kappa shape index (κ3) is 4.61. The zero-order valence-corrected chi connectivity index (χ0v) is 22.7. The van der Waals surface area contributed by atoms with Crippen LogP contribution in [0.5, 0.6) is 0 Å². The van der Waals surface area contributed by atoms with E-state index < -0.39 is 0 Å². The molecule has 1 atom stereocenters. The highest BCUT2D eigenvalue weighted by Crippen LogP contribution is 2.38. The summed E-state index contributed by atoms with van der Waals surface area (Å²) in [7, 11) is 0. The Hall–Kier alpha value is -5.86. The van der Waals surface area contributed by atoms with Crippen molar-refractivity contribution in [1.29, 1.82) is 5.26 Å². The Morgan fingerprint density at radius 3 is 2.31 bits per heavy atom. The van der Waals surface area contributed by atoms with E-state index in [-0.39, 0.29) is 6.17 Å². The van der Waals surface area contributed by atoms with Gasteiger partial charge in [0.15, 0.2) is 0 Å². The van der Waals surface area contributed by atoms with Crippen molar-refractivity contribution in [1.82, 2.24) is 5.32 Å². The van der Waals surface area contributed by atoms with Gasteiger partial charge in [0, 0.05) is 28.1 Å². The zero-order chi connectivity index (χ0) is 28.5. The zero-order valence-electron chi connectivity index (χ0n) is 22.7. The number of nitrogens with two attached hydrogens (primary N) is 1. The van der Waals surface area contributed by atoms with E-state index >= 15 is 0 Å². The van der Waals surface area contributed by atoms with Crippen LogP contribution in [0.2, 0.25) is 0 Å². The predicted molar refractivity (Wildman–Crippen MR) is 171 cm³/mol. The van der Waals surface area contributed by atoms with E-state index in [0.29, 0.717) is 11.4 Å². The predicted octanol–water partition coefficient (Wildman–Crippen LogP) is 8.02. The molecule has 1 aliphatic heterocycles. The topological polar surface area (TPSA) is 87.3 Å². The number of nitrogens with one attached hydrogen (secondary N) is 1. The van der Waals surface area contributed by atoms with Gasteiger partial charge in [0.1, 0.15) is 23.2 Å². The Balaban J connectivity index is 1.23. The summed E-state index contributed by atoms with van der Waals surface area (Å²) in [5.74, 6) is 0.463. The van der Waals surface area contributed by atoms with Crippen molar-refractivity contribution in [2.45, 2.75) is 6.17 Å². The molecule has 0 radical (unpaired) electrons. The highest BCUT2D eigenvalue weighted by atomic mass is 16.3. The van der Waals surface area contributed by atoms with E-state index in [0.717, 1.165) is 60.9 Å². The summed E-state index contributed by atoms with van der Waals surface area (Å²) in [6.07, 6.45) is 5.81. The first-order valence-corrected chi connectivity index (χ1v) is 13.8. The van der Waals surface area contributed by atoms with Crippen LogP contribution in [0.3, 0.4) is 0 Å². The molecule has 5 nitrogen and oxygen atoms in total. The third-order valence-electron chi connectivity index (χ3n) is 7.59. The van der Waals surface area contributed by atoms with Gasteiger partial charge < -0.3 is 15.5 Å². The van der Waals surface area contributed by atoms with Crippen molar-refractivity contribution in [3.05, 3.63) is 150 Å². The largest absolute Gasteiger partial charge is 0.455 e. The molecule has 0 aliphatic carbocycles. The van der Waals surface area contributed by atoms with Gasteiger partial charge in [-0.25, -0.2) is 4.99 Å². The van der Waals surface area contributed by atoms with Crippen LogP contribution in [0, 0.1) is 11.3 Å². The number of nitrogens with zero attached hydrogens (tertiary/aromatic N) is 2. The van der Waals surface area contributed by atoms with Crippen LogP contribution in [-0.4, -0.2) is 12.0 Å². The molecule has 200 valence electrons. The molecule has 0 saturated heterocycles. The normalized spacial score (nSPS) is 14.9. The van der Waals surface area contributed by atoms with Crippen molar-refractivity contribution in [2.24, 2.45) is 10.7 Å². The molecular formula is C37H26N4O. The first kappa shape index (κ1) is 25.1. The Morgan fingerprint density at radius 1 is 0.762 bits per heavy atom. The maximum atomic E-state index is 9.18. The molecule has 0 saturated carbocycles. The smallest absolute Gasteiger partial charge is 0.143 e. The summed E-state index contributed by atoms with van der Waals surface area (Å²) in [5, 5.41) is 14.6. The molecule has 0 bridgehead atoms. The number of fused-ring (bicyclic) bond motifs is 3. The monoisotopic (exact) mass is 542 g/mol. The molecule has 6 aromatic rings. The Morgan fingerprint density at radius 2 is 1.52 bits per heavy atom. The van der Waals surface area contributed by atoms with Gasteiger partial charge in [-0.15, -0.1) is 0 Å². The lowest BCUT2D eigenvalue weighted by Gasteiger charge is -2.17. The van der Waals surface area contributed by atoms with Crippen molar-refractivity contribution < 1.29 is 4.42 Å². The number of aliphatic imine (C=N–C) groups is 1. The second-order valence-electron chi connectivity index (χ2n) is 10.2. The Labute approximate surface area is 243 Å². The van der Waals surface area contributed by atoms with E-state index in [1.807, 2.05) is 91.1 Å². The van der Waals surface area contributed by atoms with Crippen LogP contribution in [0.4, 0.5) is 0 Å². The molecule has 2 heterocycles. The summed E-state index contributed by atoms with van der Waals surface area (Å²) in [6.45, 7) is 0. The fourth-order valence-corrected chi connectivity index (χ4v) is 5.46. The molecule has 0 amide bonds. The number of amidine groups is 1. The molecule has 5 aromatic carbocycles. The van der Waals surface area contributed by atoms with Gasteiger partial charge in [0.25, 0.3) is 0 Å². The summed E-state index contributed by atoms with van der Waals surface area (Å²) in [6, 6.07) is 40.5. The number of furan rings is 1. The van der Waals surface area contributed by atoms with Crippen LogP contribution >= 0.6 is 0 Å². The van der Waals surface area contributed by atoms with Gasteiger partial charge in [0.2, 0.25) is 0 Å². The lowest BCUT2D eigenvalue weighted by atomic mass is 9.96. The molecule has 5 heteroatoms. The van der Waals surface area contributed by atoms with Gasteiger partial charge in [-0.1, -0.05) is 97.1 Å². The molecule has 0 fully saturated rings. The quantitative estimate of drug-likeness (QED) is 0.171. The maximum Gasteiger partial charge on any atom is 0.143 e. The average Bonchev–Trinajstić information content (AvgIpc) is 3.44. The van der Waals surface area contributed by atoms with Crippen LogP contribution < -0.4 is 11.1 Å². The molecule has 1 unspecified atom stereocenters. The minimum Gasteiger partial charge on any atom is -0.455 e. The van der Waals surface area contributed by atoms with Crippen molar-refractivity contribution in [3.63, 3.8) is 0 Å². The van der Waals surface area contributed by atoms with E-state index in [1.54, 1.807) is 0 Å². The SMILES string of the molecule is N#Cc1ccc(-c2cccc3c2oc2ccc(-c4ccccc4C(N)=NC4C=CC(c5ccccc5)=CN4)cc23)cc1. The highest BCUT2D eigenvalue weighted by Gasteiger charge is 2.16. The summed E-state index contributed by atoms with van der Waals surface area (Å²) in [5.41, 5.74) is 16.0. The molecular weight excluding hydrogens is 516 g/mol. The number of para-hydroxylation sites is 1. The highest BCUT2D eigenvalue weighted by molar-refractivity contribution is 6.11. The minimum absolute atomic E-state index is 0.258. The van der Waals surface area contributed by atoms with Crippen LogP contribution in [0.1, 0.15) is 16.7 Å². The summed E-state index contributed by atoms with van der Waals surface area (Å²) < 4.78 is 6.37. The van der Waals surface area contributed by atoms with Gasteiger partial charge >= 0.3 is 0 Å². The minimum atomic E-state index is -0.258. The van der Waals surface area contributed by atoms with Gasteiger partial charge in [-0.05, 0) is 58.2 Å². The summed E-state index contributed by atoms with van der Waals surface area (Å²) >= 11 is 0. The van der Waals surface area contributed by atoms with Crippen molar-refractivity contribution >= 4 is 33.3 Å². The fourth-order valence-electron chi connectivity index (χ4n) is 5.46. The molecule has 1 aliphatic rings. The average molecular weight is 543 g/mol. The van der Waals surface area contributed by atoms with Gasteiger partial charge in [-0.2, -0.15) is 5.26 Å². The second kappa shape index (κ2) is 10.6. The molecule has 7 rings (SSSR count). The number of hydrogen-bond acceptors (Lipinski definition) is 4. The third-order valence-corrected chi connectivity index (χ3v) is 7.59. The number of hydrogen-bond donors (Lipinski definition) is 2. The lowest BCUT2D eigenvalue weighted by Crippen LogP contribution is -2.27. The van der Waals surface area contributed by atoms with E-state index in [1.165, 1.54) is 0 Å².